The van der Waals surface area contributed by atoms with Crippen LogP contribution in [0.15, 0.2) is 12.1 Å². The number of tetrazole rings is 1. The fourth-order valence-corrected chi connectivity index (χ4v) is 2.16. The van der Waals surface area contributed by atoms with Crippen LogP contribution in [-0.4, -0.2) is 30.8 Å². The van der Waals surface area contributed by atoms with E-state index in [0.29, 0.717) is 5.65 Å². The zero-order valence-corrected chi connectivity index (χ0v) is 9.22. The lowest BCUT2D eigenvalue weighted by molar-refractivity contribution is 0.268. The van der Waals surface area contributed by atoms with E-state index in [0.717, 1.165) is 12.2 Å². The minimum Gasteiger partial charge on any atom is -0.363 e. The van der Waals surface area contributed by atoms with Gasteiger partial charge in [0.15, 0.2) is 5.65 Å². The Balaban J connectivity index is 1.88. The largest absolute Gasteiger partial charge is 0.363 e. The lowest BCUT2D eigenvalue weighted by Gasteiger charge is -2.42. The maximum absolute atomic E-state index is 4.32. The molecule has 1 aliphatic carbocycles. The van der Waals surface area contributed by atoms with E-state index in [1.54, 1.807) is 0 Å². The molecule has 6 nitrogen and oxygen atoms in total. The summed E-state index contributed by atoms with van der Waals surface area (Å²) in [6.07, 6.45) is 4.87. The zero-order valence-electron chi connectivity index (χ0n) is 9.22. The first kappa shape index (κ1) is 9.50. The Labute approximate surface area is 93.0 Å². The Hall–Kier alpha value is -1.72. The number of hydrogen-bond donors (Lipinski definition) is 1. The van der Waals surface area contributed by atoms with E-state index in [4.69, 9.17) is 0 Å². The van der Waals surface area contributed by atoms with Gasteiger partial charge in [0.2, 0.25) is 0 Å². The second kappa shape index (κ2) is 3.40. The summed E-state index contributed by atoms with van der Waals surface area (Å²) in [6, 6.07) is 3.80. The van der Waals surface area contributed by atoms with Gasteiger partial charge in [-0.05, 0) is 48.2 Å². The van der Waals surface area contributed by atoms with Crippen molar-refractivity contribution in [1.82, 2.24) is 25.3 Å². The number of aromatic nitrogens is 5. The quantitative estimate of drug-likeness (QED) is 0.840. The highest BCUT2D eigenvalue weighted by Crippen LogP contribution is 2.37. The molecule has 0 aliphatic heterocycles. The summed E-state index contributed by atoms with van der Waals surface area (Å²) in [5.41, 5.74) is 0.916. The topological polar surface area (TPSA) is 68.0 Å². The number of rotatable bonds is 3. The Morgan fingerprint density at radius 1 is 1.44 bits per heavy atom. The number of fused-ring (bicyclic) bond motifs is 1. The van der Waals surface area contributed by atoms with Crippen LogP contribution in [0.5, 0.6) is 0 Å². The van der Waals surface area contributed by atoms with Crippen LogP contribution in [0, 0.1) is 0 Å². The van der Waals surface area contributed by atoms with Crippen LogP contribution in [0.1, 0.15) is 32.6 Å². The molecule has 1 fully saturated rings. The first-order chi connectivity index (χ1) is 7.81. The molecule has 0 amide bonds. The normalized spacial score (nSPS) is 18.3. The van der Waals surface area contributed by atoms with E-state index in [2.05, 4.69) is 32.9 Å². The second-order valence-electron chi connectivity index (χ2n) is 4.36. The van der Waals surface area contributed by atoms with E-state index in [-0.39, 0.29) is 5.54 Å². The monoisotopic (exact) mass is 218 g/mol. The van der Waals surface area contributed by atoms with Gasteiger partial charge in [0.25, 0.3) is 0 Å². The summed E-state index contributed by atoms with van der Waals surface area (Å²) >= 11 is 0. The number of anilines is 1. The molecule has 84 valence electrons. The average molecular weight is 218 g/mol. The summed E-state index contributed by atoms with van der Waals surface area (Å²) in [4.78, 5) is 0. The van der Waals surface area contributed by atoms with Crippen molar-refractivity contribution in [2.75, 3.05) is 5.32 Å². The molecule has 2 aromatic rings. The molecular weight excluding hydrogens is 204 g/mol. The highest BCUT2D eigenvalue weighted by Gasteiger charge is 2.35. The molecule has 0 aromatic carbocycles. The summed E-state index contributed by atoms with van der Waals surface area (Å²) in [5.74, 6) is 0.848. The highest BCUT2D eigenvalue weighted by atomic mass is 15.6. The van der Waals surface area contributed by atoms with Gasteiger partial charge in [-0.2, -0.15) is 0 Å². The maximum atomic E-state index is 4.32. The van der Waals surface area contributed by atoms with Crippen molar-refractivity contribution in [3.63, 3.8) is 0 Å². The third-order valence-corrected chi connectivity index (χ3v) is 3.45. The second-order valence-corrected chi connectivity index (χ2v) is 4.36. The van der Waals surface area contributed by atoms with Crippen molar-refractivity contribution < 1.29 is 0 Å². The molecule has 1 saturated carbocycles. The van der Waals surface area contributed by atoms with Crippen LogP contribution >= 0.6 is 0 Å². The molecule has 0 atom stereocenters. The van der Waals surface area contributed by atoms with Crippen LogP contribution in [0.2, 0.25) is 0 Å². The smallest absolute Gasteiger partial charge is 0.200 e. The van der Waals surface area contributed by atoms with Crippen molar-refractivity contribution in [1.29, 1.82) is 0 Å². The maximum Gasteiger partial charge on any atom is 0.200 e. The third kappa shape index (κ3) is 1.41. The molecule has 0 saturated heterocycles. The Morgan fingerprint density at radius 3 is 3.00 bits per heavy atom. The standard InChI is InChI=1S/C10H14N6/c1-2-10(6-3-7-10)11-8-4-5-9-12-14-15-16(9)13-8/h4-5H,2-3,6-7H2,1H3,(H,11,13). The summed E-state index contributed by atoms with van der Waals surface area (Å²) in [6.45, 7) is 2.21. The van der Waals surface area contributed by atoms with Crippen molar-refractivity contribution in [2.45, 2.75) is 38.1 Å². The summed E-state index contributed by atoms with van der Waals surface area (Å²) < 4.78 is 1.45. The molecule has 1 N–H and O–H groups in total. The minimum atomic E-state index is 0.245. The van der Waals surface area contributed by atoms with E-state index in [1.807, 2.05) is 12.1 Å². The van der Waals surface area contributed by atoms with Gasteiger partial charge < -0.3 is 5.32 Å². The van der Waals surface area contributed by atoms with Crippen LogP contribution < -0.4 is 5.32 Å². The molecule has 0 radical (unpaired) electrons. The minimum absolute atomic E-state index is 0.245. The van der Waals surface area contributed by atoms with E-state index < -0.39 is 0 Å². The van der Waals surface area contributed by atoms with Crippen LogP contribution in [0.25, 0.3) is 5.65 Å². The Kier molecular flexibility index (Phi) is 2.02. The van der Waals surface area contributed by atoms with Crippen molar-refractivity contribution in [3.8, 4) is 0 Å². The summed E-state index contributed by atoms with van der Waals surface area (Å²) in [7, 11) is 0. The van der Waals surface area contributed by atoms with Gasteiger partial charge in [-0.25, -0.2) is 0 Å². The van der Waals surface area contributed by atoms with Crippen LogP contribution in [0.3, 0.4) is 0 Å². The molecular formula is C10H14N6. The Bertz CT molecular complexity index is 495. The SMILES string of the molecule is CCC1(Nc2ccc3nnnn3n2)CCC1. The zero-order chi connectivity index (χ0) is 11.0. The van der Waals surface area contributed by atoms with Crippen LogP contribution in [-0.2, 0) is 0 Å². The molecule has 6 heteroatoms. The lowest BCUT2D eigenvalue weighted by atomic mass is 9.75. The number of nitrogens with one attached hydrogen (secondary N) is 1. The van der Waals surface area contributed by atoms with Crippen LogP contribution in [0.4, 0.5) is 5.82 Å². The van der Waals surface area contributed by atoms with Gasteiger partial charge in [0.1, 0.15) is 5.82 Å². The van der Waals surface area contributed by atoms with Crippen molar-refractivity contribution >= 4 is 11.5 Å². The number of nitrogens with zero attached hydrogens (tertiary/aromatic N) is 5. The predicted molar refractivity (Wildman–Crippen MR) is 59.1 cm³/mol. The molecule has 2 aromatic heterocycles. The Morgan fingerprint density at radius 2 is 2.31 bits per heavy atom. The van der Waals surface area contributed by atoms with Gasteiger partial charge >= 0.3 is 0 Å². The van der Waals surface area contributed by atoms with E-state index in [1.165, 1.54) is 23.9 Å². The van der Waals surface area contributed by atoms with Gasteiger partial charge in [-0.1, -0.05) is 6.92 Å². The molecule has 3 rings (SSSR count). The van der Waals surface area contributed by atoms with Gasteiger partial charge in [-0.15, -0.1) is 14.8 Å². The molecule has 0 bridgehead atoms. The predicted octanol–water partition coefficient (Wildman–Crippen LogP) is 1.26. The summed E-state index contributed by atoms with van der Waals surface area (Å²) in [5, 5.41) is 19.0. The van der Waals surface area contributed by atoms with Gasteiger partial charge in [0, 0.05) is 5.54 Å². The molecule has 16 heavy (non-hydrogen) atoms. The first-order valence-electron chi connectivity index (χ1n) is 5.65. The molecule has 1 aliphatic rings. The van der Waals surface area contributed by atoms with Crippen molar-refractivity contribution in [3.05, 3.63) is 12.1 Å². The van der Waals surface area contributed by atoms with Crippen molar-refractivity contribution in [2.24, 2.45) is 0 Å². The fourth-order valence-electron chi connectivity index (χ4n) is 2.16. The average Bonchev–Trinajstić information content (AvgIpc) is 2.70. The third-order valence-electron chi connectivity index (χ3n) is 3.45. The lowest BCUT2D eigenvalue weighted by Crippen LogP contribution is -2.44. The number of hydrogen-bond acceptors (Lipinski definition) is 5. The fraction of sp³-hybridized carbons (Fsp3) is 0.600. The van der Waals surface area contributed by atoms with Gasteiger partial charge in [-0.3, -0.25) is 0 Å². The molecule has 0 unspecified atom stereocenters. The van der Waals surface area contributed by atoms with Gasteiger partial charge in [0.05, 0.1) is 0 Å². The first-order valence-corrected chi connectivity index (χ1v) is 5.65. The van der Waals surface area contributed by atoms with E-state index >= 15 is 0 Å². The van der Waals surface area contributed by atoms with E-state index in [9.17, 15) is 0 Å². The highest BCUT2D eigenvalue weighted by molar-refractivity contribution is 5.44. The molecule has 2 heterocycles. The molecule has 0 spiro atoms.